The Morgan fingerprint density at radius 1 is 0.842 bits per heavy atom. The number of rotatable bonds is 8. The van der Waals surface area contributed by atoms with Crippen molar-refractivity contribution in [2.24, 2.45) is 0 Å². The quantitative estimate of drug-likeness (QED) is 0.189. The largest absolute Gasteiger partial charge is 0.321 e. The molecule has 2 aromatic heterocycles. The Bertz CT molecular complexity index is 1530. The van der Waals surface area contributed by atoms with Crippen LogP contribution in [-0.4, -0.2) is 16.8 Å². The molecule has 0 bridgehead atoms. The number of carbonyl (C=O) groups is 2. The van der Waals surface area contributed by atoms with Gasteiger partial charge in [0, 0.05) is 21.0 Å². The van der Waals surface area contributed by atoms with Crippen LogP contribution in [0, 0.1) is 13.8 Å². The first-order chi connectivity index (χ1) is 18.5. The Hall–Kier alpha value is -3.72. The van der Waals surface area contributed by atoms with Gasteiger partial charge in [-0.25, -0.2) is 4.98 Å². The van der Waals surface area contributed by atoms with E-state index in [1.54, 1.807) is 6.07 Å². The Labute approximate surface area is 234 Å². The number of aromatic nitrogens is 1. The van der Waals surface area contributed by atoms with Gasteiger partial charge in [0.25, 0.3) is 5.91 Å². The van der Waals surface area contributed by atoms with Crippen molar-refractivity contribution in [3.05, 3.63) is 117 Å². The van der Waals surface area contributed by atoms with E-state index < -0.39 is 5.25 Å². The molecule has 0 radical (unpaired) electrons. The van der Waals surface area contributed by atoms with Crippen molar-refractivity contribution in [1.29, 1.82) is 0 Å². The highest BCUT2D eigenvalue weighted by Crippen LogP contribution is 2.38. The summed E-state index contributed by atoms with van der Waals surface area (Å²) in [6, 6.07) is 29.1. The third-order valence-electron chi connectivity index (χ3n) is 5.80. The van der Waals surface area contributed by atoms with Crippen molar-refractivity contribution in [3.63, 3.8) is 0 Å². The third-order valence-corrected chi connectivity index (χ3v) is 8.82. The normalized spacial score (nSPS) is 11.6. The number of carbonyl (C=O) groups excluding carboxylic acids is 2. The lowest BCUT2D eigenvalue weighted by molar-refractivity contribution is -0.115. The average Bonchev–Trinajstić information content (AvgIpc) is 3.59. The Morgan fingerprint density at radius 3 is 2.26 bits per heavy atom. The minimum atomic E-state index is -0.477. The number of thioether (sulfide) groups is 1. The first-order valence-corrected chi connectivity index (χ1v) is 14.6. The fraction of sp³-hybridized carbons (Fsp3) is 0.100. The summed E-state index contributed by atoms with van der Waals surface area (Å²) in [6.45, 7) is 4.07. The molecule has 5 aromatic rings. The number of amides is 2. The van der Waals surface area contributed by atoms with E-state index in [1.165, 1.54) is 40.0 Å². The molecule has 0 aliphatic rings. The molecular weight excluding hydrogens is 531 g/mol. The SMILES string of the molecule is Cc1ccc(-c2nc(NC(=O)C(Sc3ccc(NC(=O)c4cccs4)cc3)c3ccccc3)sc2C)cc1. The molecule has 2 N–H and O–H groups in total. The van der Waals surface area contributed by atoms with Crippen LogP contribution in [0.1, 0.15) is 30.9 Å². The molecule has 0 aliphatic carbocycles. The van der Waals surface area contributed by atoms with E-state index in [2.05, 4.69) is 41.8 Å². The summed E-state index contributed by atoms with van der Waals surface area (Å²) in [5, 5.41) is 7.94. The number of nitrogens with one attached hydrogen (secondary N) is 2. The molecule has 0 saturated carbocycles. The number of hydrogen-bond acceptors (Lipinski definition) is 6. The Kier molecular flexibility index (Phi) is 8.03. The van der Waals surface area contributed by atoms with Crippen molar-refractivity contribution < 1.29 is 9.59 Å². The first kappa shape index (κ1) is 25.9. The van der Waals surface area contributed by atoms with E-state index in [0.29, 0.717) is 15.7 Å². The van der Waals surface area contributed by atoms with E-state index in [4.69, 9.17) is 4.98 Å². The van der Waals surface area contributed by atoms with Crippen LogP contribution in [-0.2, 0) is 4.79 Å². The second-order valence-corrected chi connectivity index (χ2v) is 12.0. The summed E-state index contributed by atoms with van der Waals surface area (Å²) in [5.41, 5.74) is 4.71. The molecule has 3 aromatic carbocycles. The van der Waals surface area contributed by atoms with E-state index in [1.807, 2.05) is 73.0 Å². The number of hydrogen-bond donors (Lipinski definition) is 2. The molecule has 1 atom stereocenters. The van der Waals surface area contributed by atoms with Gasteiger partial charge >= 0.3 is 0 Å². The Morgan fingerprint density at radius 2 is 1.58 bits per heavy atom. The van der Waals surface area contributed by atoms with E-state index >= 15 is 0 Å². The molecule has 0 saturated heterocycles. The average molecular weight is 556 g/mol. The fourth-order valence-corrected chi connectivity index (χ4v) is 6.34. The van der Waals surface area contributed by atoms with Crippen molar-refractivity contribution in [2.75, 3.05) is 10.6 Å². The number of anilines is 2. The van der Waals surface area contributed by atoms with Crippen LogP contribution in [0.2, 0.25) is 0 Å². The summed E-state index contributed by atoms with van der Waals surface area (Å²) in [7, 11) is 0. The predicted octanol–water partition coefficient (Wildman–Crippen LogP) is 8.21. The van der Waals surface area contributed by atoms with Gasteiger partial charge in [0.05, 0.1) is 10.6 Å². The van der Waals surface area contributed by atoms with E-state index in [0.717, 1.165) is 26.6 Å². The maximum absolute atomic E-state index is 13.5. The molecular formula is C30H25N3O2S3. The second kappa shape index (κ2) is 11.8. The van der Waals surface area contributed by atoms with Crippen molar-refractivity contribution >= 4 is 57.1 Å². The van der Waals surface area contributed by atoms with Crippen LogP contribution < -0.4 is 10.6 Å². The van der Waals surface area contributed by atoms with Gasteiger partial charge in [-0.2, -0.15) is 0 Å². The van der Waals surface area contributed by atoms with Gasteiger partial charge in [-0.05, 0) is 55.1 Å². The first-order valence-electron chi connectivity index (χ1n) is 12.0. The van der Waals surface area contributed by atoms with Crippen molar-refractivity contribution in [2.45, 2.75) is 24.0 Å². The summed E-state index contributed by atoms with van der Waals surface area (Å²) in [6.07, 6.45) is 0. The number of nitrogens with zero attached hydrogens (tertiary/aromatic N) is 1. The minimum absolute atomic E-state index is 0.134. The summed E-state index contributed by atoms with van der Waals surface area (Å²) >= 11 is 4.33. The van der Waals surface area contributed by atoms with Crippen molar-refractivity contribution in [3.8, 4) is 11.3 Å². The molecule has 2 heterocycles. The maximum Gasteiger partial charge on any atom is 0.265 e. The molecule has 5 nitrogen and oxygen atoms in total. The molecule has 0 aliphatic heterocycles. The lowest BCUT2D eigenvalue weighted by atomic mass is 10.1. The molecule has 5 rings (SSSR count). The summed E-state index contributed by atoms with van der Waals surface area (Å²) < 4.78 is 0. The maximum atomic E-state index is 13.5. The van der Waals surface area contributed by atoms with Gasteiger partial charge in [0.15, 0.2) is 5.13 Å². The van der Waals surface area contributed by atoms with Crippen LogP contribution in [0.15, 0.2) is 101 Å². The van der Waals surface area contributed by atoms with Gasteiger partial charge in [0.2, 0.25) is 5.91 Å². The van der Waals surface area contributed by atoms with Gasteiger partial charge < -0.3 is 10.6 Å². The number of aryl methyl sites for hydroxylation is 2. The smallest absolute Gasteiger partial charge is 0.265 e. The molecule has 8 heteroatoms. The number of thiazole rings is 1. The molecule has 2 amide bonds. The minimum Gasteiger partial charge on any atom is -0.321 e. The highest BCUT2D eigenvalue weighted by Gasteiger charge is 2.24. The molecule has 190 valence electrons. The molecule has 1 unspecified atom stereocenters. The summed E-state index contributed by atoms with van der Waals surface area (Å²) in [5.74, 6) is -0.272. The zero-order valence-electron chi connectivity index (χ0n) is 20.8. The lowest BCUT2D eigenvalue weighted by Gasteiger charge is -2.16. The van der Waals surface area contributed by atoms with Gasteiger partial charge in [-0.3, -0.25) is 9.59 Å². The van der Waals surface area contributed by atoms with Crippen LogP contribution in [0.5, 0.6) is 0 Å². The van der Waals surface area contributed by atoms with Gasteiger partial charge in [0.1, 0.15) is 5.25 Å². The van der Waals surface area contributed by atoms with Crippen LogP contribution in [0.4, 0.5) is 10.8 Å². The third kappa shape index (κ3) is 6.22. The van der Waals surface area contributed by atoms with E-state index in [-0.39, 0.29) is 11.8 Å². The second-order valence-electron chi connectivity index (χ2n) is 8.64. The van der Waals surface area contributed by atoms with Crippen molar-refractivity contribution in [1.82, 2.24) is 4.98 Å². The van der Waals surface area contributed by atoms with Gasteiger partial charge in [-0.15, -0.1) is 34.4 Å². The molecule has 0 spiro atoms. The van der Waals surface area contributed by atoms with Crippen LogP contribution >= 0.6 is 34.4 Å². The zero-order valence-corrected chi connectivity index (χ0v) is 23.3. The molecule has 38 heavy (non-hydrogen) atoms. The zero-order chi connectivity index (χ0) is 26.5. The predicted molar refractivity (Wildman–Crippen MR) is 159 cm³/mol. The lowest BCUT2D eigenvalue weighted by Crippen LogP contribution is -2.19. The standard InChI is InChI=1S/C30H25N3O2S3/c1-19-10-12-21(13-11-19)26-20(2)37-30(32-26)33-29(35)27(22-7-4-3-5-8-22)38-24-16-14-23(15-17-24)31-28(34)25-9-6-18-36-25/h3-18,27H,1-2H3,(H,31,34)(H,32,33,35). The van der Waals surface area contributed by atoms with Crippen LogP contribution in [0.3, 0.4) is 0 Å². The Balaban J connectivity index is 1.32. The number of benzene rings is 3. The highest BCUT2D eigenvalue weighted by molar-refractivity contribution is 8.00. The highest BCUT2D eigenvalue weighted by atomic mass is 32.2. The van der Waals surface area contributed by atoms with E-state index in [9.17, 15) is 9.59 Å². The fourth-order valence-electron chi connectivity index (χ4n) is 3.85. The topological polar surface area (TPSA) is 71.1 Å². The molecule has 0 fully saturated rings. The summed E-state index contributed by atoms with van der Waals surface area (Å²) in [4.78, 5) is 33.3. The number of thiophene rings is 1. The van der Waals surface area contributed by atoms with Crippen LogP contribution in [0.25, 0.3) is 11.3 Å². The van der Waals surface area contributed by atoms with Gasteiger partial charge in [-0.1, -0.05) is 66.2 Å². The monoisotopic (exact) mass is 555 g/mol.